The molecule has 0 bridgehead atoms. The van der Waals surface area contributed by atoms with Crippen molar-refractivity contribution >= 4 is 42.2 Å². The Hall–Kier alpha value is -3.36. The van der Waals surface area contributed by atoms with Crippen molar-refractivity contribution in [2.75, 3.05) is 12.4 Å². The lowest BCUT2D eigenvalue weighted by molar-refractivity contribution is -0.143. The molecule has 0 fully saturated rings. The van der Waals surface area contributed by atoms with Gasteiger partial charge in [0.15, 0.2) is 0 Å². The molecule has 14 heteroatoms. The zero-order chi connectivity index (χ0) is 25.8. The molecule has 0 saturated heterocycles. The molecule has 0 heterocycles. The lowest BCUT2D eigenvalue weighted by atomic mass is 10.0. The summed E-state index contributed by atoms with van der Waals surface area (Å²) in [5.41, 5.74) is 11.2. The Kier molecular flexibility index (Phi) is 11.8. The number of aliphatic hydroxyl groups excluding tert-OH is 1. The quantitative estimate of drug-likeness (QED) is 0.118. The average molecular weight is 500 g/mol. The van der Waals surface area contributed by atoms with E-state index in [0.29, 0.717) is 5.56 Å². The zero-order valence-electron chi connectivity index (χ0n) is 18.1. The van der Waals surface area contributed by atoms with Crippen LogP contribution in [0, 0.1) is 0 Å². The molecular weight excluding hydrogens is 470 g/mol. The molecule has 0 aliphatic carbocycles. The van der Waals surface area contributed by atoms with Crippen LogP contribution in [0.3, 0.4) is 0 Å². The summed E-state index contributed by atoms with van der Waals surface area (Å²) in [4.78, 5) is 59.8. The van der Waals surface area contributed by atoms with E-state index in [4.69, 9.17) is 11.5 Å². The molecule has 4 unspecified atom stereocenters. The number of carbonyl (C=O) groups is 5. The van der Waals surface area contributed by atoms with Gasteiger partial charge in [0.05, 0.1) is 12.6 Å². The third kappa shape index (κ3) is 9.64. The normalized spacial score (nSPS) is 14.2. The highest BCUT2D eigenvalue weighted by atomic mass is 32.1. The number of benzene rings is 1. The molecule has 0 radical (unpaired) electrons. The molecule has 0 aliphatic rings. The van der Waals surface area contributed by atoms with Gasteiger partial charge in [-0.05, 0) is 24.1 Å². The van der Waals surface area contributed by atoms with Crippen molar-refractivity contribution in [2.24, 2.45) is 11.5 Å². The van der Waals surface area contributed by atoms with Crippen LogP contribution in [0.15, 0.2) is 24.3 Å². The second-order valence-electron chi connectivity index (χ2n) is 7.37. The van der Waals surface area contributed by atoms with Crippen molar-refractivity contribution in [2.45, 2.75) is 43.4 Å². The highest BCUT2D eigenvalue weighted by Crippen LogP contribution is 2.12. The molecule has 1 aromatic rings. The molecule has 10 N–H and O–H groups in total. The van der Waals surface area contributed by atoms with Crippen LogP contribution in [0.2, 0.25) is 0 Å². The molecule has 4 atom stereocenters. The van der Waals surface area contributed by atoms with E-state index in [-0.39, 0.29) is 30.8 Å². The lowest BCUT2D eigenvalue weighted by Gasteiger charge is -2.24. The van der Waals surface area contributed by atoms with E-state index in [9.17, 15) is 39.3 Å². The number of rotatable bonds is 14. The number of carboxylic acid groups (broad SMARTS) is 1. The molecule has 13 nitrogen and oxygen atoms in total. The van der Waals surface area contributed by atoms with Gasteiger partial charge in [-0.1, -0.05) is 12.1 Å². The summed E-state index contributed by atoms with van der Waals surface area (Å²) in [6.07, 6.45) is -0.642. The second kappa shape index (κ2) is 14.0. The maximum Gasteiger partial charge on any atom is 0.326 e. The van der Waals surface area contributed by atoms with Crippen LogP contribution in [0.5, 0.6) is 5.75 Å². The van der Waals surface area contributed by atoms with Gasteiger partial charge < -0.3 is 42.7 Å². The summed E-state index contributed by atoms with van der Waals surface area (Å²) in [6, 6.07) is 0.528. The molecule has 188 valence electrons. The fraction of sp³-hybridized carbons (Fsp3) is 0.450. The minimum absolute atomic E-state index is 0.00291. The third-order valence-corrected chi connectivity index (χ3v) is 5.05. The first-order valence-electron chi connectivity index (χ1n) is 10.2. The van der Waals surface area contributed by atoms with Crippen LogP contribution in [-0.2, 0) is 30.4 Å². The van der Waals surface area contributed by atoms with Crippen molar-refractivity contribution in [3.05, 3.63) is 29.8 Å². The molecule has 0 aliphatic heterocycles. The highest BCUT2D eigenvalue weighted by Gasteiger charge is 2.30. The zero-order valence-corrected chi connectivity index (χ0v) is 19.0. The Bertz CT molecular complexity index is 882. The maximum absolute atomic E-state index is 12.9. The molecule has 0 saturated carbocycles. The minimum Gasteiger partial charge on any atom is -0.508 e. The Morgan fingerprint density at radius 3 is 1.94 bits per heavy atom. The van der Waals surface area contributed by atoms with Gasteiger partial charge >= 0.3 is 5.97 Å². The SMILES string of the molecule is NC(=O)CCC(NC(=O)C(CO)NC(=O)C(Cc1ccc(O)cc1)NC(=O)C(N)CS)C(=O)O. The molecule has 0 aromatic heterocycles. The predicted octanol–water partition coefficient (Wildman–Crippen LogP) is -3.01. The van der Waals surface area contributed by atoms with Crippen molar-refractivity contribution in [1.29, 1.82) is 0 Å². The first-order chi connectivity index (χ1) is 16.0. The van der Waals surface area contributed by atoms with Gasteiger partial charge in [0.1, 0.15) is 23.9 Å². The van der Waals surface area contributed by atoms with Gasteiger partial charge in [0.2, 0.25) is 23.6 Å². The fourth-order valence-electron chi connectivity index (χ4n) is 2.72. The predicted molar refractivity (Wildman–Crippen MR) is 123 cm³/mol. The Balaban J connectivity index is 2.97. The minimum atomic E-state index is -1.55. The molecule has 1 aromatic carbocycles. The number of phenolic OH excluding ortho intramolecular Hbond substituents is 1. The number of aromatic hydroxyl groups is 1. The van der Waals surface area contributed by atoms with E-state index in [1.807, 2.05) is 0 Å². The van der Waals surface area contributed by atoms with Crippen LogP contribution in [0.1, 0.15) is 18.4 Å². The van der Waals surface area contributed by atoms with Crippen molar-refractivity contribution in [1.82, 2.24) is 16.0 Å². The first kappa shape index (κ1) is 28.7. The summed E-state index contributed by atoms with van der Waals surface area (Å²) in [5, 5.41) is 35.1. The standard InChI is InChI=1S/C20H29N5O8S/c21-12(9-34)17(29)24-14(7-10-1-3-11(27)4-2-10)18(30)25-15(8-26)19(31)23-13(20(32)33)5-6-16(22)28/h1-4,12-15,26-27,34H,5-9,21H2,(H2,22,28)(H,23,31)(H,24,29)(H,25,30)(H,32,33). The summed E-state index contributed by atoms with van der Waals surface area (Å²) < 4.78 is 0. The number of primary amides is 1. The number of hydrogen-bond donors (Lipinski definition) is 9. The Morgan fingerprint density at radius 1 is 0.912 bits per heavy atom. The number of aliphatic hydroxyl groups is 1. The van der Waals surface area contributed by atoms with Gasteiger partial charge in [-0.15, -0.1) is 0 Å². The largest absolute Gasteiger partial charge is 0.508 e. The number of hydrogen-bond acceptors (Lipinski definition) is 9. The van der Waals surface area contributed by atoms with Gasteiger partial charge in [-0.25, -0.2) is 4.79 Å². The van der Waals surface area contributed by atoms with Crippen LogP contribution in [0.25, 0.3) is 0 Å². The maximum atomic E-state index is 12.9. The summed E-state index contributed by atoms with van der Waals surface area (Å²) in [5.74, 6) is -4.76. The topological polar surface area (TPSA) is 234 Å². The Labute approximate surface area is 200 Å². The average Bonchev–Trinajstić information content (AvgIpc) is 2.79. The first-order valence-corrected chi connectivity index (χ1v) is 10.8. The number of nitrogens with two attached hydrogens (primary N) is 2. The van der Waals surface area contributed by atoms with E-state index in [0.717, 1.165) is 0 Å². The Morgan fingerprint density at radius 2 is 1.44 bits per heavy atom. The van der Waals surface area contributed by atoms with Crippen molar-refractivity contribution in [3.8, 4) is 5.75 Å². The number of nitrogens with one attached hydrogen (secondary N) is 3. The van der Waals surface area contributed by atoms with Gasteiger partial charge in [-0.3, -0.25) is 19.2 Å². The molecule has 4 amide bonds. The lowest BCUT2D eigenvalue weighted by Crippen LogP contribution is -2.58. The van der Waals surface area contributed by atoms with E-state index in [2.05, 4.69) is 28.6 Å². The fourth-order valence-corrected chi connectivity index (χ4v) is 2.89. The number of amides is 4. The van der Waals surface area contributed by atoms with Gasteiger partial charge in [0, 0.05) is 18.6 Å². The van der Waals surface area contributed by atoms with Crippen molar-refractivity contribution < 1.29 is 39.3 Å². The number of carboxylic acids is 1. The number of carbonyl (C=O) groups excluding carboxylic acids is 4. The van der Waals surface area contributed by atoms with Crippen LogP contribution in [0.4, 0.5) is 0 Å². The second-order valence-corrected chi connectivity index (χ2v) is 7.73. The molecule has 1 rings (SSSR count). The summed E-state index contributed by atoms with van der Waals surface area (Å²) >= 11 is 3.94. The van der Waals surface area contributed by atoms with E-state index >= 15 is 0 Å². The molecule has 34 heavy (non-hydrogen) atoms. The van der Waals surface area contributed by atoms with Crippen LogP contribution in [-0.4, -0.2) is 81.4 Å². The van der Waals surface area contributed by atoms with E-state index in [1.54, 1.807) is 0 Å². The number of thiol groups is 1. The van der Waals surface area contributed by atoms with Gasteiger partial charge in [0.25, 0.3) is 0 Å². The number of phenols is 1. The summed E-state index contributed by atoms with van der Waals surface area (Å²) in [6.45, 7) is -0.879. The van der Waals surface area contributed by atoms with Gasteiger partial charge in [-0.2, -0.15) is 12.6 Å². The highest BCUT2D eigenvalue weighted by molar-refractivity contribution is 7.80. The molecule has 0 spiro atoms. The smallest absolute Gasteiger partial charge is 0.326 e. The van der Waals surface area contributed by atoms with Crippen LogP contribution < -0.4 is 27.4 Å². The van der Waals surface area contributed by atoms with E-state index < -0.39 is 60.4 Å². The van der Waals surface area contributed by atoms with Crippen LogP contribution >= 0.6 is 12.6 Å². The number of aliphatic carboxylic acids is 1. The van der Waals surface area contributed by atoms with Crippen molar-refractivity contribution in [3.63, 3.8) is 0 Å². The van der Waals surface area contributed by atoms with E-state index in [1.165, 1.54) is 24.3 Å². The monoisotopic (exact) mass is 499 g/mol. The molecular formula is C20H29N5O8S. The summed E-state index contributed by atoms with van der Waals surface area (Å²) in [7, 11) is 0. The third-order valence-electron chi connectivity index (χ3n) is 4.65.